The van der Waals surface area contributed by atoms with Crippen molar-refractivity contribution in [1.29, 1.82) is 0 Å². The first kappa shape index (κ1) is 44.6. The summed E-state index contributed by atoms with van der Waals surface area (Å²) in [5, 5.41) is 147. The number of hydrogen-bond acceptors (Lipinski definition) is 24. The minimum Gasteiger partial charge on any atom is -0.865 e. The van der Waals surface area contributed by atoms with E-state index >= 15 is 0 Å². The molecule has 0 aromatic rings. The molecule has 0 saturated heterocycles. The van der Waals surface area contributed by atoms with Gasteiger partial charge in [-0.25, -0.2) is 19.2 Å². The molecular weight excluding hydrogens is 770 g/mol. The van der Waals surface area contributed by atoms with Gasteiger partial charge in [-0.3, -0.25) is 0 Å². The molecule has 4 aliphatic heterocycles. The predicted molar refractivity (Wildman–Crippen MR) is 131 cm³/mol. The van der Waals surface area contributed by atoms with Crippen LogP contribution in [0.15, 0.2) is 46.1 Å². The predicted octanol–water partition coefficient (Wildman–Crippen LogP) is -10.4. The molecule has 12 N–H and O–H groups in total. The summed E-state index contributed by atoms with van der Waals surface area (Å²) >= 11 is 0. The van der Waals surface area contributed by atoms with Crippen LogP contribution >= 0.6 is 0 Å². The summed E-state index contributed by atoms with van der Waals surface area (Å²) < 4.78 is 17.0. The van der Waals surface area contributed by atoms with Crippen molar-refractivity contribution in [2.45, 2.75) is 48.8 Å². The Hall–Kier alpha value is -4.43. The van der Waals surface area contributed by atoms with Gasteiger partial charge in [-0.05, 0) is 0 Å². The Kier molecular flexibility index (Phi) is 17.8. The zero-order chi connectivity index (χ0) is 37.2. The molecule has 0 aromatic heterocycles. The molecule has 275 valence electrons. The second-order valence-electron chi connectivity index (χ2n) is 9.16. The van der Waals surface area contributed by atoms with Gasteiger partial charge < -0.3 is 101 Å². The van der Waals surface area contributed by atoms with Crippen molar-refractivity contribution >= 4 is 23.9 Å². The fourth-order valence-electron chi connectivity index (χ4n) is 3.26. The smallest absolute Gasteiger partial charge is 0.865 e. The molecule has 49 heavy (non-hydrogen) atoms. The van der Waals surface area contributed by atoms with Crippen molar-refractivity contribution in [2.24, 2.45) is 0 Å². The summed E-state index contributed by atoms with van der Waals surface area (Å²) in [5.74, 6) is -13.0. The molecule has 0 fully saturated rings. The average molecular weight is 798 g/mol. The number of aliphatic hydroxyl groups excluding tert-OH is 12. The van der Waals surface area contributed by atoms with E-state index in [1.54, 1.807) is 0 Å². The van der Waals surface area contributed by atoms with Gasteiger partial charge in [0.25, 0.3) is 0 Å². The van der Waals surface area contributed by atoms with E-state index in [2.05, 4.69) is 18.9 Å². The third-order valence-electron chi connectivity index (χ3n) is 5.83. The van der Waals surface area contributed by atoms with E-state index in [9.17, 15) is 39.6 Å². The van der Waals surface area contributed by atoms with Gasteiger partial charge in [-0.1, -0.05) is 0 Å². The summed E-state index contributed by atoms with van der Waals surface area (Å²) in [5.41, 5.74) is 0. The minimum absolute atomic E-state index is 0. The number of aliphatic hydroxyl groups is 12. The first-order chi connectivity index (χ1) is 22.3. The Labute approximate surface area is 285 Å². The largest absolute Gasteiger partial charge is 4.00 e. The summed E-state index contributed by atoms with van der Waals surface area (Å²) in [7, 11) is 0. The Bertz CT molecular complexity index is 1140. The maximum atomic E-state index is 10.6. The van der Waals surface area contributed by atoms with Gasteiger partial charge in [0.05, 0.1) is 26.4 Å². The number of hydrogen-bond donors (Lipinski definition) is 12. The van der Waals surface area contributed by atoms with Crippen molar-refractivity contribution in [3.63, 3.8) is 0 Å². The Balaban J connectivity index is 0.000000623. The molecular formula is C24H28O24Tc. The number of esters is 4. The number of rotatable bonds is 8. The van der Waals surface area contributed by atoms with E-state index in [4.69, 9.17) is 61.3 Å². The van der Waals surface area contributed by atoms with Gasteiger partial charge in [0.15, 0.2) is 24.4 Å². The van der Waals surface area contributed by atoms with Crippen LogP contribution in [0.3, 0.4) is 0 Å². The molecule has 8 atom stereocenters. The molecule has 0 amide bonds. The van der Waals surface area contributed by atoms with Crippen LogP contribution in [0.25, 0.3) is 0 Å². The van der Waals surface area contributed by atoms with Crippen molar-refractivity contribution in [3.05, 3.63) is 46.1 Å². The average Bonchev–Trinajstić information content (AvgIpc) is 3.70. The first-order valence-corrected chi connectivity index (χ1v) is 12.7. The van der Waals surface area contributed by atoms with Crippen molar-refractivity contribution in [3.8, 4) is 0 Å². The van der Waals surface area contributed by atoms with E-state index in [1.807, 2.05) is 0 Å². The SMILES string of the molecule is O=C1O[C@H]([C@@H](O)CO)C(O)=C1[O-].O=C1O[C@H]([C@@H](O)CO)C(O)=C1[O-].O=C1O[C@H]([C@@H](O)CO)C(O)=C1[O-].O=C1O[C@H]([C@@H](O)CO)C(O)=C1[O-].[Tc+4]. The molecule has 4 aliphatic rings. The van der Waals surface area contributed by atoms with Gasteiger partial charge in [0, 0.05) is 23.0 Å². The van der Waals surface area contributed by atoms with E-state index in [-0.39, 0.29) is 20.1 Å². The normalized spacial score (nSPS) is 25.3. The topological polar surface area (TPSA) is 440 Å². The van der Waals surface area contributed by atoms with Crippen molar-refractivity contribution in [2.75, 3.05) is 26.4 Å². The van der Waals surface area contributed by atoms with Crippen molar-refractivity contribution in [1.82, 2.24) is 0 Å². The molecule has 0 aliphatic carbocycles. The zero-order valence-electron chi connectivity index (χ0n) is 24.1. The number of carbonyl (C=O) groups excluding carboxylic acids is 4. The van der Waals surface area contributed by atoms with Crippen LogP contribution in [0.2, 0.25) is 0 Å². The summed E-state index contributed by atoms with van der Waals surface area (Å²) in [6, 6.07) is 0. The number of carbonyl (C=O) groups is 4. The first-order valence-electron chi connectivity index (χ1n) is 12.7. The van der Waals surface area contributed by atoms with E-state index in [1.165, 1.54) is 0 Å². The molecule has 0 spiro atoms. The van der Waals surface area contributed by atoms with Gasteiger partial charge in [0.1, 0.15) is 47.5 Å². The second-order valence-corrected chi connectivity index (χ2v) is 9.16. The fraction of sp³-hybridized carbons (Fsp3) is 0.500. The molecule has 4 rings (SSSR count). The molecule has 0 unspecified atom stereocenters. The second kappa shape index (κ2) is 19.5. The molecule has 1 radical (unpaired) electrons. The van der Waals surface area contributed by atoms with Crippen molar-refractivity contribution < 1.29 is 140 Å². The van der Waals surface area contributed by atoms with Crippen LogP contribution in [0.4, 0.5) is 0 Å². The van der Waals surface area contributed by atoms with Gasteiger partial charge in [0.2, 0.25) is 0 Å². The van der Waals surface area contributed by atoms with Crippen LogP contribution in [0.5, 0.6) is 0 Å². The molecule has 4 heterocycles. The van der Waals surface area contributed by atoms with Crippen LogP contribution < -0.4 is 20.4 Å². The van der Waals surface area contributed by atoms with Crippen LogP contribution in [-0.2, 0) is 58.2 Å². The van der Waals surface area contributed by atoms with Gasteiger partial charge in [-0.2, -0.15) is 0 Å². The molecule has 0 bridgehead atoms. The summed E-state index contributed by atoms with van der Waals surface area (Å²) in [6.07, 6.45) is -11.5. The Morgan fingerprint density at radius 1 is 0.429 bits per heavy atom. The zero-order valence-corrected chi connectivity index (χ0v) is 25.9. The van der Waals surface area contributed by atoms with Gasteiger partial charge in [-0.15, -0.1) is 0 Å². The van der Waals surface area contributed by atoms with Gasteiger partial charge >= 0.3 is 44.0 Å². The van der Waals surface area contributed by atoms with E-state index in [0.717, 1.165) is 0 Å². The number of ether oxygens (including phenoxy) is 4. The third kappa shape index (κ3) is 10.8. The molecule has 0 saturated carbocycles. The summed E-state index contributed by atoms with van der Waals surface area (Å²) in [6.45, 7) is -2.80. The van der Waals surface area contributed by atoms with Crippen LogP contribution in [0.1, 0.15) is 0 Å². The Morgan fingerprint density at radius 3 is 0.653 bits per heavy atom. The third-order valence-corrected chi connectivity index (χ3v) is 5.83. The number of cyclic esters (lactones) is 4. The van der Waals surface area contributed by atoms with E-state index < -0.39 is 145 Å². The molecule has 25 heteroatoms. The quantitative estimate of drug-likeness (QED) is 0.0801. The monoisotopic (exact) mass is 797 g/mol. The van der Waals surface area contributed by atoms with Crippen LogP contribution in [0, 0.1) is 0 Å². The minimum atomic E-state index is -1.46. The fourth-order valence-corrected chi connectivity index (χ4v) is 3.26. The molecule has 24 nitrogen and oxygen atoms in total. The standard InChI is InChI=1S/4C6H8O6.Tc/c4*7-1-2(8)5-3(9)4(10)6(11)12-5;/h4*2,5,7-10H,1H2;/q;;;;+4/p-4/t4*2-,5+;/m0000./s1. The maximum Gasteiger partial charge on any atom is 4.00 e. The summed E-state index contributed by atoms with van der Waals surface area (Å²) in [4.78, 5) is 41.9. The van der Waals surface area contributed by atoms with Crippen LogP contribution in [-0.4, -0.2) is 160 Å². The molecule has 0 aromatic carbocycles. The van der Waals surface area contributed by atoms with E-state index in [0.29, 0.717) is 0 Å². The maximum absolute atomic E-state index is 10.6. The Morgan fingerprint density at radius 2 is 0.571 bits per heavy atom.